The van der Waals surface area contributed by atoms with Crippen molar-refractivity contribution in [3.63, 3.8) is 0 Å². The van der Waals surface area contributed by atoms with Gasteiger partial charge in [0.1, 0.15) is 5.54 Å². The van der Waals surface area contributed by atoms with Crippen LogP contribution in [0.3, 0.4) is 0 Å². The zero-order valence-corrected chi connectivity index (χ0v) is 10.7. The topological polar surface area (TPSA) is 40.5 Å². The fourth-order valence-corrected chi connectivity index (χ4v) is 1.72. The van der Waals surface area contributed by atoms with Crippen LogP contribution in [0.1, 0.15) is 53.4 Å². The van der Waals surface area contributed by atoms with Crippen LogP contribution in [0.4, 0.5) is 0 Å². The minimum atomic E-state index is -0.769. The van der Waals surface area contributed by atoms with Gasteiger partial charge in [-0.05, 0) is 33.7 Å². The van der Waals surface area contributed by atoms with Crippen LogP contribution in [0.25, 0.3) is 0 Å². The van der Waals surface area contributed by atoms with Gasteiger partial charge in [-0.3, -0.25) is 9.69 Å². The number of unbranched alkanes of at least 4 members (excludes halogenated alkanes) is 1. The van der Waals surface area contributed by atoms with Crippen molar-refractivity contribution in [3.8, 4) is 0 Å². The van der Waals surface area contributed by atoms with Crippen LogP contribution in [0, 0.1) is 0 Å². The van der Waals surface area contributed by atoms with Gasteiger partial charge in [-0.25, -0.2) is 0 Å². The maximum atomic E-state index is 11.1. The number of likely N-dealkylation sites (N-methyl/N-ethyl adjacent to an activating group) is 1. The number of nitrogens with zero attached hydrogens (tertiary/aromatic N) is 1. The Bertz CT molecular complexity index is 202. The van der Waals surface area contributed by atoms with Gasteiger partial charge in [0.05, 0.1) is 0 Å². The second kappa shape index (κ2) is 6.11. The smallest absolute Gasteiger partial charge is 0.323 e. The van der Waals surface area contributed by atoms with Crippen LogP contribution in [-0.4, -0.2) is 34.6 Å². The highest BCUT2D eigenvalue weighted by Gasteiger charge is 2.35. The molecule has 0 aromatic heterocycles. The third-order valence-corrected chi connectivity index (χ3v) is 3.32. The lowest BCUT2D eigenvalue weighted by Crippen LogP contribution is -2.52. The molecule has 0 aliphatic carbocycles. The van der Waals surface area contributed by atoms with Gasteiger partial charge < -0.3 is 5.11 Å². The van der Waals surface area contributed by atoms with Crippen LogP contribution in [0.2, 0.25) is 0 Å². The summed E-state index contributed by atoms with van der Waals surface area (Å²) in [5.41, 5.74) is -0.769. The summed E-state index contributed by atoms with van der Waals surface area (Å²) in [6.45, 7) is 7.82. The molecule has 0 bridgehead atoms. The monoisotopic (exact) mass is 215 g/mol. The number of aliphatic carboxylic acids is 1. The molecule has 0 aromatic carbocycles. The van der Waals surface area contributed by atoms with E-state index in [1.165, 1.54) is 6.42 Å². The molecule has 0 fully saturated rings. The molecule has 0 aliphatic heterocycles. The summed E-state index contributed by atoms with van der Waals surface area (Å²) in [7, 11) is 1.91. The Morgan fingerprint density at radius 3 is 2.27 bits per heavy atom. The van der Waals surface area contributed by atoms with Gasteiger partial charge >= 0.3 is 5.97 Å². The first kappa shape index (κ1) is 14.4. The van der Waals surface area contributed by atoms with Crippen molar-refractivity contribution in [1.29, 1.82) is 0 Å². The summed E-state index contributed by atoms with van der Waals surface area (Å²) in [4.78, 5) is 13.1. The van der Waals surface area contributed by atoms with Crippen molar-refractivity contribution in [2.75, 3.05) is 7.05 Å². The summed E-state index contributed by atoms with van der Waals surface area (Å²) in [6, 6.07) is 0.371. The summed E-state index contributed by atoms with van der Waals surface area (Å²) in [6.07, 6.45) is 4.42. The van der Waals surface area contributed by atoms with E-state index in [2.05, 4.69) is 13.8 Å². The van der Waals surface area contributed by atoms with Crippen molar-refractivity contribution in [1.82, 2.24) is 4.90 Å². The average Bonchev–Trinajstić information content (AvgIpc) is 2.18. The first-order valence-electron chi connectivity index (χ1n) is 5.84. The van der Waals surface area contributed by atoms with Crippen molar-refractivity contribution in [2.24, 2.45) is 0 Å². The molecule has 1 atom stereocenters. The van der Waals surface area contributed by atoms with Crippen molar-refractivity contribution in [3.05, 3.63) is 0 Å². The number of hydrogen-bond acceptors (Lipinski definition) is 2. The third kappa shape index (κ3) is 3.82. The van der Waals surface area contributed by atoms with Crippen LogP contribution in [0.15, 0.2) is 0 Å². The number of carboxylic acid groups (broad SMARTS) is 1. The maximum absolute atomic E-state index is 11.1. The second-order valence-electron chi connectivity index (χ2n) is 4.68. The Kier molecular flexibility index (Phi) is 5.88. The molecule has 0 amide bonds. The highest BCUT2D eigenvalue weighted by molar-refractivity contribution is 5.77. The molecule has 3 nitrogen and oxygen atoms in total. The van der Waals surface area contributed by atoms with Crippen LogP contribution >= 0.6 is 0 Å². The Balaban J connectivity index is 4.49. The van der Waals surface area contributed by atoms with E-state index in [-0.39, 0.29) is 0 Å². The molecule has 0 aliphatic rings. The molecule has 0 aromatic rings. The molecule has 1 N–H and O–H groups in total. The van der Waals surface area contributed by atoms with Crippen molar-refractivity contribution >= 4 is 5.97 Å². The predicted octanol–water partition coefficient (Wildman–Crippen LogP) is 2.75. The van der Waals surface area contributed by atoms with E-state index in [0.717, 1.165) is 19.3 Å². The number of carbonyl (C=O) groups is 1. The van der Waals surface area contributed by atoms with Gasteiger partial charge in [-0.1, -0.05) is 26.7 Å². The fraction of sp³-hybridized carbons (Fsp3) is 0.917. The molecular weight excluding hydrogens is 190 g/mol. The minimum Gasteiger partial charge on any atom is -0.480 e. The summed E-state index contributed by atoms with van der Waals surface area (Å²) >= 11 is 0. The van der Waals surface area contributed by atoms with E-state index in [9.17, 15) is 4.79 Å². The third-order valence-electron chi connectivity index (χ3n) is 3.32. The molecular formula is C12H25NO2. The zero-order valence-electron chi connectivity index (χ0n) is 10.7. The van der Waals surface area contributed by atoms with E-state index < -0.39 is 11.5 Å². The second-order valence-corrected chi connectivity index (χ2v) is 4.68. The van der Waals surface area contributed by atoms with Crippen molar-refractivity contribution < 1.29 is 9.90 Å². The Hall–Kier alpha value is -0.570. The Morgan fingerprint density at radius 1 is 1.40 bits per heavy atom. The molecule has 1 unspecified atom stereocenters. The van der Waals surface area contributed by atoms with Gasteiger partial charge in [0.15, 0.2) is 0 Å². The first-order chi connectivity index (χ1) is 6.87. The van der Waals surface area contributed by atoms with E-state index >= 15 is 0 Å². The number of hydrogen-bond donors (Lipinski definition) is 1. The molecule has 0 saturated carbocycles. The quantitative estimate of drug-likeness (QED) is 0.710. The summed E-state index contributed by atoms with van der Waals surface area (Å²) < 4.78 is 0. The summed E-state index contributed by atoms with van der Waals surface area (Å²) in [5.74, 6) is -0.750. The largest absolute Gasteiger partial charge is 0.480 e. The van der Waals surface area contributed by atoms with E-state index in [4.69, 9.17) is 5.11 Å². The van der Waals surface area contributed by atoms with Gasteiger partial charge in [0, 0.05) is 6.04 Å². The molecule has 15 heavy (non-hydrogen) atoms. The fourth-order valence-electron chi connectivity index (χ4n) is 1.72. The van der Waals surface area contributed by atoms with Crippen molar-refractivity contribution in [2.45, 2.75) is 65.0 Å². The Labute approximate surface area is 93.5 Å². The van der Waals surface area contributed by atoms with Gasteiger partial charge in [-0.2, -0.15) is 0 Å². The molecule has 3 heteroatoms. The summed E-state index contributed by atoms with van der Waals surface area (Å²) in [5, 5.41) is 9.14. The normalized spacial score (nSPS) is 14.3. The molecule has 0 heterocycles. The standard InChI is InChI=1S/C12H25NO2/c1-6-8-9-10(7-2)13(5)12(3,4)11(14)15/h10H,6-9H2,1-5H3,(H,14,15). The minimum absolute atomic E-state index is 0.371. The average molecular weight is 215 g/mol. The maximum Gasteiger partial charge on any atom is 0.323 e. The van der Waals surface area contributed by atoms with E-state index in [1.807, 2.05) is 11.9 Å². The van der Waals surface area contributed by atoms with Gasteiger partial charge in [0.25, 0.3) is 0 Å². The lowest BCUT2D eigenvalue weighted by molar-refractivity contribution is -0.150. The first-order valence-corrected chi connectivity index (χ1v) is 5.84. The van der Waals surface area contributed by atoms with Gasteiger partial charge in [-0.15, -0.1) is 0 Å². The number of rotatable bonds is 7. The Morgan fingerprint density at radius 2 is 1.93 bits per heavy atom. The highest BCUT2D eigenvalue weighted by atomic mass is 16.4. The lowest BCUT2D eigenvalue weighted by atomic mass is 9.97. The zero-order chi connectivity index (χ0) is 12.1. The molecule has 0 spiro atoms. The van der Waals surface area contributed by atoms with E-state index in [1.54, 1.807) is 13.8 Å². The molecule has 0 radical (unpaired) electrons. The van der Waals surface area contributed by atoms with Crippen LogP contribution in [0.5, 0.6) is 0 Å². The SMILES string of the molecule is CCCCC(CC)N(C)C(C)(C)C(=O)O. The molecule has 0 rings (SSSR count). The van der Waals surface area contributed by atoms with Crippen LogP contribution in [-0.2, 0) is 4.79 Å². The molecule has 90 valence electrons. The number of carboxylic acids is 1. The van der Waals surface area contributed by atoms with Gasteiger partial charge in [0.2, 0.25) is 0 Å². The lowest BCUT2D eigenvalue weighted by Gasteiger charge is -2.37. The predicted molar refractivity (Wildman–Crippen MR) is 63.1 cm³/mol. The van der Waals surface area contributed by atoms with E-state index in [0.29, 0.717) is 6.04 Å². The highest BCUT2D eigenvalue weighted by Crippen LogP contribution is 2.21. The molecule has 0 saturated heterocycles. The van der Waals surface area contributed by atoms with Crippen LogP contribution < -0.4 is 0 Å².